The molecule has 24 heavy (non-hydrogen) atoms. The van der Waals surface area contributed by atoms with Crippen LogP contribution in [0.5, 0.6) is 0 Å². The molecule has 0 radical (unpaired) electrons. The first kappa shape index (κ1) is 16.5. The third kappa shape index (κ3) is 3.94. The van der Waals surface area contributed by atoms with E-state index < -0.39 is 6.09 Å². The van der Waals surface area contributed by atoms with E-state index in [2.05, 4.69) is 15.9 Å². The molecule has 0 N–H and O–H groups in total. The van der Waals surface area contributed by atoms with Gasteiger partial charge in [-0.1, -0.05) is 46.3 Å². The molecule has 6 heteroatoms. The van der Waals surface area contributed by atoms with Crippen molar-refractivity contribution in [1.82, 2.24) is 4.90 Å². The highest BCUT2D eigenvalue weighted by atomic mass is 79.9. The van der Waals surface area contributed by atoms with E-state index in [0.29, 0.717) is 13.1 Å². The van der Waals surface area contributed by atoms with E-state index in [1.807, 2.05) is 54.6 Å². The van der Waals surface area contributed by atoms with Gasteiger partial charge in [0.2, 0.25) is 5.91 Å². The lowest BCUT2D eigenvalue weighted by atomic mass is 10.2. The van der Waals surface area contributed by atoms with Crippen LogP contribution in [0.3, 0.4) is 0 Å². The van der Waals surface area contributed by atoms with Crippen molar-refractivity contribution in [2.24, 2.45) is 0 Å². The van der Waals surface area contributed by atoms with Crippen molar-refractivity contribution in [2.75, 3.05) is 24.5 Å². The Hall–Kier alpha value is -2.34. The highest BCUT2D eigenvalue weighted by molar-refractivity contribution is 9.10. The quantitative estimate of drug-likeness (QED) is 0.808. The summed E-state index contributed by atoms with van der Waals surface area (Å²) in [5, 5.41) is 0. The lowest BCUT2D eigenvalue weighted by molar-refractivity contribution is -0.120. The fraction of sp³-hybridized carbons (Fsp3) is 0.222. The largest absolute Gasteiger partial charge is 0.445 e. The van der Waals surface area contributed by atoms with Gasteiger partial charge in [-0.05, 0) is 29.8 Å². The zero-order valence-corrected chi connectivity index (χ0v) is 14.6. The number of ether oxygens (including phenoxy) is 1. The second-order valence-electron chi connectivity index (χ2n) is 5.48. The van der Waals surface area contributed by atoms with Crippen LogP contribution < -0.4 is 4.90 Å². The Bertz CT molecular complexity index is 719. The van der Waals surface area contributed by atoms with Crippen LogP contribution in [-0.2, 0) is 16.1 Å². The van der Waals surface area contributed by atoms with Crippen LogP contribution in [0.15, 0.2) is 59.1 Å². The highest BCUT2D eigenvalue weighted by Crippen LogP contribution is 2.20. The minimum absolute atomic E-state index is 0.0314. The third-order valence-electron chi connectivity index (χ3n) is 3.82. The summed E-state index contributed by atoms with van der Waals surface area (Å²) >= 11 is 3.38. The van der Waals surface area contributed by atoms with Gasteiger partial charge in [-0.15, -0.1) is 0 Å². The van der Waals surface area contributed by atoms with Crippen molar-refractivity contribution in [2.45, 2.75) is 6.61 Å². The molecular weight excluding hydrogens is 372 g/mol. The van der Waals surface area contributed by atoms with Crippen LogP contribution in [0.1, 0.15) is 5.56 Å². The lowest BCUT2D eigenvalue weighted by Crippen LogP contribution is -2.52. The number of nitrogens with zero attached hydrogens (tertiary/aromatic N) is 2. The molecule has 0 unspecified atom stereocenters. The Morgan fingerprint density at radius 1 is 1.04 bits per heavy atom. The van der Waals surface area contributed by atoms with Gasteiger partial charge >= 0.3 is 6.09 Å². The second-order valence-corrected chi connectivity index (χ2v) is 6.40. The smallest absolute Gasteiger partial charge is 0.410 e. The summed E-state index contributed by atoms with van der Waals surface area (Å²) in [5.41, 5.74) is 1.76. The molecule has 124 valence electrons. The number of piperazine rings is 1. The van der Waals surface area contributed by atoms with Gasteiger partial charge < -0.3 is 9.64 Å². The maximum atomic E-state index is 12.3. The van der Waals surface area contributed by atoms with Gasteiger partial charge in [-0.2, -0.15) is 0 Å². The molecule has 1 aliphatic rings. The number of rotatable bonds is 3. The number of anilines is 1. The molecule has 0 bridgehead atoms. The fourth-order valence-corrected chi connectivity index (χ4v) is 2.80. The van der Waals surface area contributed by atoms with Crippen LogP contribution in [0.4, 0.5) is 10.5 Å². The monoisotopic (exact) mass is 388 g/mol. The third-order valence-corrected chi connectivity index (χ3v) is 4.35. The van der Waals surface area contributed by atoms with Gasteiger partial charge in [0.15, 0.2) is 0 Å². The highest BCUT2D eigenvalue weighted by Gasteiger charge is 2.28. The SMILES string of the molecule is O=C(OCc1ccccc1)N1CCN(c2ccc(Br)cc2)C(=O)C1. The standard InChI is InChI=1S/C18H17BrN2O3/c19-15-6-8-16(9-7-15)21-11-10-20(12-17(21)22)18(23)24-13-14-4-2-1-3-5-14/h1-9H,10-13H2. The first-order chi connectivity index (χ1) is 11.6. The van der Waals surface area contributed by atoms with Crippen molar-refractivity contribution in [3.63, 3.8) is 0 Å². The number of carbonyl (C=O) groups is 2. The normalized spacial score (nSPS) is 14.6. The first-order valence-corrected chi connectivity index (χ1v) is 8.44. The number of hydrogen-bond acceptors (Lipinski definition) is 3. The molecule has 0 saturated carbocycles. The van der Waals surface area contributed by atoms with Crippen molar-refractivity contribution >= 4 is 33.6 Å². The Labute approximate surface area is 148 Å². The molecule has 2 amide bonds. The minimum Gasteiger partial charge on any atom is -0.445 e. The van der Waals surface area contributed by atoms with Gasteiger partial charge in [0.1, 0.15) is 13.2 Å². The molecule has 0 atom stereocenters. The maximum Gasteiger partial charge on any atom is 0.410 e. The molecule has 3 rings (SSSR count). The number of carbonyl (C=O) groups excluding carboxylic acids is 2. The molecular formula is C18H17BrN2O3. The zero-order valence-electron chi connectivity index (χ0n) is 13.0. The summed E-state index contributed by atoms with van der Waals surface area (Å²) in [5.74, 6) is -0.111. The maximum absolute atomic E-state index is 12.3. The van der Waals surface area contributed by atoms with Crippen molar-refractivity contribution in [1.29, 1.82) is 0 Å². The van der Waals surface area contributed by atoms with Gasteiger partial charge in [-0.25, -0.2) is 4.79 Å². The lowest BCUT2D eigenvalue weighted by Gasteiger charge is -2.33. The van der Waals surface area contributed by atoms with Gasteiger partial charge in [0, 0.05) is 23.2 Å². The van der Waals surface area contributed by atoms with E-state index in [0.717, 1.165) is 15.7 Å². The first-order valence-electron chi connectivity index (χ1n) is 7.65. The van der Waals surface area contributed by atoms with Crippen LogP contribution in [0, 0.1) is 0 Å². The zero-order chi connectivity index (χ0) is 16.9. The average Bonchev–Trinajstić information content (AvgIpc) is 2.61. The Kier molecular flexibility index (Phi) is 5.15. The summed E-state index contributed by atoms with van der Waals surface area (Å²) in [6, 6.07) is 17.0. The molecule has 2 aromatic carbocycles. The van der Waals surface area contributed by atoms with Crippen LogP contribution in [0.25, 0.3) is 0 Å². The predicted octanol–water partition coefficient (Wildman–Crippen LogP) is 3.43. The van der Waals surface area contributed by atoms with Crippen molar-refractivity contribution in [3.05, 3.63) is 64.6 Å². The molecule has 5 nitrogen and oxygen atoms in total. The van der Waals surface area contributed by atoms with Crippen molar-refractivity contribution < 1.29 is 14.3 Å². The molecule has 2 aromatic rings. The van der Waals surface area contributed by atoms with Crippen LogP contribution in [-0.4, -0.2) is 36.5 Å². The summed E-state index contributed by atoms with van der Waals surface area (Å²) < 4.78 is 6.24. The molecule has 0 aromatic heterocycles. The summed E-state index contributed by atoms with van der Waals surface area (Å²) in [6.45, 7) is 1.15. The number of amides is 2. The Balaban J connectivity index is 1.55. The summed E-state index contributed by atoms with van der Waals surface area (Å²) in [4.78, 5) is 27.6. The van der Waals surface area contributed by atoms with E-state index in [1.165, 1.54) is 4.90 Å². The van der Waals surface area contributed by atoms with E-state index in [-0.39, 0.29) is 19.1 Å². The molecule has 1 fully saturated rings. The number of benzene rings is 2. The second kappa shape index (κ2) is 7.49. The van der Waals surface area contributed by atoms with Gasteiger partial charge in [0.05, 0.1) is 0 Å². The fourth-order valence-electron chi connectivity index (χ4n) is 2.53. The van der Waals surface area contributed by atoms with E-state index in [1.54, 1.807) is 4.90 Å². The van der Waals surface area contributed by atoms with Crippen LogP contribution >= 0.6 is 15.9 Å². The predicted molar refractivity (Wildman–Crippen MR) is 94.7 cm³/mol. The Morgan fingerprint density at radius 2 is 1.75 bits per heavy atom. The van der Waals surface area contributed by atoms with Crippen molar-refractivity contribution in [3.8, 4) is 0 Å². The molecule has 0 aliphatic carbocycles. The molecule has 0 spiro atoms. The van der Waals surface area contributed by atoms with E-state index >= 15 is 0 Å². The topological polar surface area (TPSA) is 49.9 Å². The Morgan fingerprint density at radius 3 is 2.42 bits per heavy atom. The minimum atomic E-state index is -0.456. The summed E-state index contributed by atoms with van der Waals surface area (Å²) in [7, 11) is 0. The summed E-state index contributed by atoms with van der Waals surface area (Å²) in [6.07, 6.45) is -0.456. The number of halogens is 1. The molecule has 1 heterocycles. The van der Waals surface area contributed by atoms with Gasteiger partial charge in [0.25, 0.3) is 0 Å². The number of hydrogen-bond donors (Lipinski definition) is 0. The van der Waals surface area contributed by atoms with E-state index in [9.17, 15) is 9.59 Å². The molecule has 1 saturated heterocycles. The van der Waals surface area contributed by atoms with Crippen LogP contribution in [0.2, 0.25) is 0 Å². The van der Waals surface area contributed by atoms with E-state index in [4.69, 9.17) is 4.74 Å². The van der Waals surface area contributed by atoms with Gasteiger partial charge in [-0.3, -0.25) is 9.69 Å². The average molecular weight is 389 g/mol. The molecule has 1 aliphatic heterocycles.